The van der Waals surface area contributed by atoms with E-state index < -0.39 is 0 Å². The first-order chi connectivity index (χ1) is 10.1. The minimum absolute atomic E-state index is 0.0205. The van der Waals surface area contributed by atoms with Crippen LogP contribution in [0, 0.1) is 6.92 Å². The van der Waals surface area contributed by atoms with Crippen LogP contribution in [0.15, 0.2) is 36.7 Å². The van der Waals surface area contributed by atoms with Crippen LogP contribution in [-0.2, 0) is 11.3 Å². The Labute approximate surface area is 129 Å². The highest BCUT2D eigenvalue weighted by molar-refractivity contribution is 7.80. The van der Waals surface area contributed by atoms with Crippen molar-refractivity contribution in [2.24, 2.45) is 5.73 Å². The van der Waals surface area contributed by atoms with E-state index in [2.05, 4.69) is 10.3 Å². The maximum atomic E-state index is 11.9. The number of nitrogens with one attached hydrogen (secondary N) is 1. The van der Waals surface area contributed by atoms with E-state index in [1.165, 1.54) is 0 Å². The zero-order valence-electron chi connectivity index (χ0n) is 11.9. The smallest absolute Gasteiger partial charge is 0.224 e. The molecule has 0 unspecified atom stereocenters. The first-order valence-corrected chi connectivity index (χ1v) is 7.14. The molecule has 0 bridgehead atoms. The molecule has 1 amide bonds. The number of amides is 1. The molecule has 5 nitrogen and oxygen atoms in total. The number of carbonyl (C=O) groups is 1. The Morgan fingerprint density at radius 1 is 1.48 bits per heavy atom. The highest BCUT2D eigenvalue weighted by atomic mass is 32.1. The summed E-state index contributed by atoms with van der Waals surface area (Å²) in [5, 5.41) is 2.85. The second-order valence-electron chi connectivity index (χ2n) is 4.76. The minimum atomic E-state index is -0.0205. The van der Waals surface area contributed by atoms with Gasteiger partial charge in [0.1, 0.15) is 10.8 Å². The number of carbonyl (C=O) groups excluding carboxylic acids is 1. The van der Waals surface area contributed by atoms with Crippen molar-refractivity contribution < 1.29 is 4.79 Å². The van der Waals surface area contributed by atoms with Gasteiger partial charge in [-0.3, -0.25) is 4.79 Å². The van der Waals surface area contributed by atoms with Crippen LogP contribution in [0.4, 0.5) is 5.69 Å². The van der Waals surface area contributed by atoms with E-state index in [-0.39, 0.29) is 5.91 Å². The summed E-state index contributed by atoms with van der Waals surface area (Å²) in [6.07, 6.45) is 4.89. The molecule has 1 heterocycles. The van der Waals surface area contributed by atoms with Gasteiger partial charge in [0, 0.05) is 36.6 Å². The molecule has 0 fully saturated rings. The molecule has 3 N–H and O–H groups in total. The monoisotopic (exact) mass is 302 g/mol. The molecular formula is C15H18N4OS. The zero-order valence-corrected chi connectivity index (χ0v) is 12.7. The average molecular weight is 302 g/mol. The molecule has 2 rings (SSSR count). The van der Waals surface area contributed by atoms with Gasteiger partial charge in [-0.15, -0.1) is 0 Å². The molecule has 1 aromatic heterocycles. The summed E-state index contributed by atoms with van der Waals surface area (Å²) in [6, 6.07) is 7.23. The summed E-state index contributed by atoms with van der Waals surface area (Å²) in [5.41, 5.74) is 7.03. The topological polar surface area (TPSA) is 72.9 Å². The summed E-state index contributed by atoms with van der Waals surface area (Å²) >= 11 is 4.92. The van der Waals surface area contributed by atoms with Crippen molar-refractivity contribution in [3.05, 3.63) is 48.0 Å². The van der Waals surface area contributed by atoms with Gasteiger partial charge in [-0.25, -0.2) is 4.98 Å². The number of thiocarbonyl (C=S) groups is 1. The predicted octanol–water partition coefficient (Wildman–Crippen LogP) is 2.24. The molecule has 1 aromatic carbocycles. The summed E-state index contributed by atoms with van der Waals surface area (Å²) in [4.78, 5) is 16.4. The van der Waals surface area contributed by atoms with Crippen LogP contribution in [-0.4, -0.2) is 20.4 Å². The Hall–Kier alpha value is -2.21. The third kappa shape index (κ3) is 4.39. The van der Waals surface area contributed by atoms with Crippen molar-refractivity contribution in [3.63, 3.8) is 0 Å². The largest absolute Gasteiger partial charge is 0.389 e. The highest BCUT2D eigenvalue weighted by Crippen LogP contribution is 2.11. The van der Waals surface area contributed by atoms with Gasteiger partial charge < -0.3 is 15.6 Å². The lowest BCUT2D eigenvalue weighted by Gasteiger charge is -2.08. The van der Waals surface area contributed by atoms with Crippen molar-refractivity contribution in [1.82, 2.24) is 9.55 Å². The van der Waals surface area contributed by atoms with Crippen LogP contribution >= 0.6 is 12.2 Å². The van der Waals surface area contributed by atoms with Gasteiger partial charge in [0.25, 0.3) is 0 Å². The number of hydrogen-bond donors (Lipinski definition) is 2. The molecule has 0 aliphatic heterocycles. The second kappa shape index (κ2) is 6.99. The van der Waals surface area contributed by atoms with E-state index >= 15 is 0 Å². The van der Waals surface area contributed by atoms with Crippen molar-refractivity contribution in [3.8, 4) is 0 Å². The van der Waals surface area contributed by atoms with E-state index in [0.717, 1.165) is 24.4 Å². The lowest BCUT2D eigenvalue weighted by molar-refractivity contribution is -0.116. The van der Waals surface area contributed by atoms with Gasteiger partial charge in [-0.05, 0) is 25.5 Å². The summed E-state index contributed by atoms with van der Waals surface area (Å²) in [5.74, 6) is 0.937. The number of nitrogens with two attached hydrogens (primary N) is 1. The SMILES string of the molecule is Cc1nccn1CCCC(=O)Nc1cccc(C(N)=S)c1. The average Bonchev–Trinajstić information content (AvgIpc) is 2.85. The highest BCUT2D eigenvalue weighted by Gasteiger charge is 2.05. The van der Waals surface area contributed by atoms with Gasteiger partial charge in [0.2, 0.25) is 5.91 Å². The molecule has 110 valence electrons. The van der Waals surface area contributed by atoms with Crippen LogP contribution in [0.3, 0.4) is 0 Å². The van der Waals surface area contributed by atoms with E-state index in [9.17, 15) is 4.79 Å². The molecule has 0 radical (unpaired) electrons. The number of imidazole rings is 1. The van der Waals surface area contributed by atoms with E-state index in [1.807, 2.05) is 35.9 Å². The standard InChI is InChI=1S/C15H18N4OS/c1-11-17-7-9-19(11)8-3-6-14(20)18-13-5-2-4-12(10-13)15(16)21/h2,4-5,7,9-10H,3,6,8H2,1H3,(H2,16,21)(H,18,20). The normalized spacial score (nSPS) is 10.3. The molecule has 0 spiro atoms. The van der Waals surface area contributed by atoms with Crippen LogP contribution in [0.5, 0.6) is 0 Å². The van der Waals surface area contributed by atoms with Gasteiger partial charge in [0.15, 0.2) is 0 Å². The lowest BCUT2D eigenvalue weighted by atomic mass is 10.2. The molecule has 2 aromatic rings. The Morgan fingerprint density at radius 3 is 2.95 bits per heavy atom. The fourth-order valence-corrected chi connectivity index (χ4v) is 2.15. The lowest BCUT2D eigenvalue weighted by Crippen LogP contribution is -2.14. The van der Waals surface area contributed by atoms with Crippen LogP contribution in [0.2, 0.25) is 0 Å². The maximum absolute atomic E-state index is 11.9. The first kappa shape index (κ1) is 15.2. The van der Waals surface area contributed by atoms with E-state index in [0.29, 0.717) is 17.1 Å². The van der Waals surface area contributed by atoms with E-state index in [4.69, 9.17) is 18.0 Å². The fraction of sp³-hybridized carbons (Fsp3) is 0.267. The Kier molecular flexibility index (Phi) is 5.05. The number of nitrogens with zero attached hydrogens (tertiary/aromatic N) is 2. The minimum Gasteiger partial charge on any atom is -0.389 e. The van der Waals surface area contributed by atoms with Crippen molar-refractivity contribution in [2.75, 3.05) is 5.32 Å². The Balaban J connectivity index is 1.83. The van der Waals surface area contributed by atoms with Gasteiger partial charge in [-0.1, -0.05) is 24.4 Å². The summed E-state index contributed by atoms with van der Waals surface area (Å²) in [7, 11) is 0. The van der Waals surface area contributed by atoms with Crippen molar-refractivity contribution in [1.29, 1.82) is 0 Å². The molecule has 0 atom stereocenters. The van der Waals surface area contributed by atoms with Crippen molar-refractivity contribution in [2.45, 2.75) is 26.3 Å². The third-order valence-corrected chi connectivity index (χ3v) is 3.39. The van der Waals surface area contributed by atoms with Gasteiger partial charge in [0.05, 0.1) is 0 Å². The number of anilines is 1. The van der Waals surface area contributed by atoms with E-state index in [1.54, 1.807) is 12.3 Å². The predicted molar refractivity (Wildman–Crippen MR) is 87.2 cm³/mol. The number of aryl methyl sites for hydroxylation is 2. The third-order valence-electron chi connectivity index (χ3n) is 3.16. The second-order valence-corrected chi connectivity index (χ2v) is 5.20. The van der Waals surface area contributed by atoms with Gasteiger partial charge >= 0.3 is 0 Å². The molecule has 0 saturated carbocycles. The molecule has 6 heteroatoms. The number of rotatable bonds is 6. The van der Waals surface area contributed by atoms with Gasteiger partial charge in [-0.2, -0.15) is 0 Å². The summed E-state index contributed by atoms with van der Waals surface area (Å²) in [6.45, 7) is 2.73. The van der Waals surface area contributed by atoms with Crippen LogP contribution < -0.4 is 11.1 Å². The molecule has 0 aliphatic carbocycles. The fourth-order valence-electron chi connectivity index (χ4n) is 2.02. The maximum Gasteiger partial charge on any atom is 0.224 e. The number of hydrogen-bond acceptors (Lipinski definition) is 3. The van der Waals surface area contributed by atoms with Crippen LogP contribution in [0.1, 0.15) is 24.2 Å². The quantitative estimate of drug-likeness (QED) is 0.803. The summed E-state index contributed by atoms with van der Waals surface area (Å²) < 4.78 is 2.03. The van der Waals surface area contributed by atoms with Crippen molar-refractivity contribution >= 4 is 28.8 Å². The molecular weight excluding hydrogens is 284 g/mol. The Morgan fingerprint density at radius 2 is 2.29 bits per heavy atom. The molecule has 0 saturated heterocycles. The van der Waals surface area contributed by atoms with Crippen LogP contribution in [0.25, 0.3) is 0 Å². The Bertz CT molecular complexity index is 651. The molecule has 0 aliphatic rings. The first-order valence-electron chi connectivity index (χ1n) is 6.74. The number of aromatic nitrogens is 2. The molecule has 21 heavy (non-hydrogen) atoms. The zero-order chi connectivity index (χ0) is 15.2. The number of benzene rings is 1.